The molecule has 1 aliphatic carbocycles. The lowest BCUT2D eigenvalue weighted by Gasteiger charge is -2.13. The van der Waals surface area contributed by atoms with Crippen LogP contribution in [0.4, 0.5) is 4.79 Å². The lowest BCUT2D eigenvalue weighted by atomic mass is 10.0. The first kappa shape index (κ1) is 11.2. The Bertz CT molecular complexity index is 306. The minimum atomic E-state index is -0.713. The average molecular weight is 226 g/mol. The van der Waals surface area contributed by atoms with Gasteiger partial charge in [0.05, 0.1) is 6.04 Å². The van der Waals surface area contributed by atoms with Crippen LogP contribution in [-0.4, -0.2) is 29.2 Å². The normalized spacial score (nSPS) is 36.7. The molecular weight excluding hydrogens is 208 g/mol. The molecule has 3 N–H and O–H groups in total. The first-order chi connectivity index (χ1) is 7.56. The summed E-state index contributed by atoms with van der Waals surface area (Å²) in [6.07, 6.45) is 3.14. The predicted molar refractivity (Wildman–Crippen MR) is 58.0 cm³/mol. The molecule has 2 amide bonds. The van der Waals surface area contributed by atoms with Crippen molar-refractivity contribution in [3.63, 3.8) is 0 Å². The van der Waals surface area contributed by atoms with Crippen molar-refractivity contribution in [3.05, 3.63) is 0 Å². The van der Waals surface area contributed by atoms with E-state index in [-0.39, 0.29) is 24.5 Å². The summed E-state index contributed by atoms with van der Waals surface area (Å²) in [7, 11) is 0. The summed E-state index contributed by atoms with van der Waals surface area (Å²) >= 11 is 0. The van der Waals surface area contributed by atoms with Gasteiger partial charge in [-0.25, -0.2) is 4.79 Å². The Balaban J connectivity index is 1.69. The van der Waals surface area contributed by atoms with E-state index in [0.29, 0.717) is 11.8 Å². The van der Waals surface area contributed by atoms with Crippen LogP contribution >= 0.6 is 0 Å². The summed E-state index contributed by atoms with van der Waals surface area (Å²) in [5, 5.41) is 14.3. The highest BCUT2D eigenvalue weighted by atomic mass is 16.4. The fraction of sp³-hybridized carbons (Fsp3) is 0.818. The summed E-state index contributed by atoms with van der Waals surface area (Å²) in [5.41, 5.74) is 0. The highest BCUT2D eigenvalue weighted by molar-refractivity contribution is 5.77. The topological polar surface area (TPSA) is 78.4 Å². The number of rotatable bonds is 5. The second kappa shape index (κ2) is 4.31. The molecule has 16 heavy (non-hydrogen) atoms. The number of carboxylic acids is 1. The van der Waals surface area contributed by atoms with Crippen LogP contribution < -0.4 is 10.6 Å². The van der Waals surface area contributed by atoms with Gasteiger partial charge in [0, 0.05) is 12.5 Å². The number of carboxylic acid groups (broad SMARTS) is 1. The fourth-order valence-corrected chi connectivity index (χ4v) is 2.49. The van der Waals surface area contributed by atoms with E-state index in [9.17, 15) is 9.59 Å². The maximum Gasteiger partial charge on any atom is 0.315 e. The van der Waals surface area contributed by atoms with Gasteiger partial charge in [0.15, 0.2) is 0 Å². The number of carbonyl (C=O) groups is 2. The number of amides is 2. The Hall–Kier alpha value is -1.26. The van der Waals surface area contributed by atoms with Gasteiger partial charge < -0.3 is 15.7 Å². The number of urea groups is 1. The van der Waals surface area contributed by atoms with Gasteiger partial charge in [-0.2, -0.15) is 0 Å². The van der Waals surface area contributed by atoms with Crippen molar-refractivity contribution in [2.45, 2.75) is 44.7 Å². The Morgan fingerprint density at radius 3 is 2.75 bits per heavy atom. The molecule has 0 unspecified atom stereocenters. The van der Waals surface area contributed by atoms with Gasteiger partial charge >= 0.3 is 12.0 Å². The zero-order valence-electron chi connectivity index (χ0n) is 9.40. The molecule has 0 aromatic rings. The van der Waals surface area contributed by atoms with E-state index in [1.807, 2.05) is 6.92 Å². The van der Waals surface area contributed by atoms with Gasteiger partial charge in [-0.15, -0.1) is 0 Å². The van der Waals surface area contributed by atoms with E-state index in [2.05, 4.69) is 10.6 Å². The van der Waals surface area contributed by atoms with E-state index >= 15 is 0 Å². The van der Waals surface area contributed by atoms with Crippen molar-refractivity contribution in [1.82, 2.24) is 10.6 Å². The molecule has 0 spiro atoms. The zero-order valence-corrected chi connectivity index (χ0v) is 9.40. The minimum absolute atomic E-state index is 0.0831. The van der Waals surface area contributed by atoms with Crippen LogP contribution in [0.15, 0.2) is 0 Å². The molecule has 1 aliphatic heterocycles. The van der Waals surface area contributed by atoms with E-state index in [4.69, 9.17) is 5.11 Å². The summed E-state index contributed by atoms with van der Waals surface area (Å²) in [6.45, 7) is 2.00. The molecule has 0 radical (unpaired) electrons. The molecule has 90 valence electrons. The Kier molecular flexibility index (Phi) is 3.03. The fourth-order valence-electron chi connectivity index (χ4n) is 2.49. The molecular formula is C11H18N2O3. The molecule has 0 bridgehead atoms. The van der Waals surface area contributed by atoms with Crippen LogP contribution in [0.25, 0.3) is 0 Å². The third kappa shape index (κ3) is 2.65. The molecule has 5 heteroatoms. The molecule has 5 nitrogen and oxygen atoms in total. The van der Waals surface area contributed by atoms with Crippen LogP contribution in [0.2, 0.25) is 0 Å². The van der Waals surface area contributed by atoms with Crippen molar-refractivity contribution in [2.75, 3.05) is 0 Å². The quantitative estimate of drug-likeness (QED) is 0.653. The Labute approximate surface area is 94.6 Å². The van der Waals surface area contributed by atoms with Crippen molar-refractivity contribution < 1.29 is 14.7 Å². The first-order valence-corrected chi connectivity index (χ1v) is 5.85. The van der Waals surface area contributed by atoms with Gasteiger partial charge in [-0.05, 0) is 38.0 Å². The highest BCUT2D eigenvalue weighted by Crippen LogP contribution is 2.45. The molecule has 0 aromatic carbocycles. The molecule has 1 heterocycles. The molecule has 1 saturated carbocycles. The number of carbonyl (C=O) groups excluding carboxylic acids is 1. The van der Waals surface area contributed by atoms with Gasteiger partial charge in [-0.1, -0.05) is 0 Å². The smallest absolute Gasteiger partial charge is 0.315 e. The molecule has 2 rings (SSSR count). The lowest BCUT2D eigenvalue weighted by Crippen LogP contribution is -2.31. The molecule has 4 atom stereocenters. The van der Waals surface area contributed by atoms with Gasteiger partial charge in [0.2, 0.25) is 0 Å². The molecule has 0 aromatic heterocycles. The zero-order chi connectivity index (χ0) is 11.7. The van der Waals surface area contributed by atoms with Crippen molar-refractivity contribution in [2.24, 2.45) is 11.8 Å². The third-order valence-electron chi connectivity index (χ3n) is 3.63. The Morgan fingerprint density at radius 2 is 2.19 bits per heavy atom. The van der Waals surface area contributed by atoms with Crippen molar-refractivity contribution in [1.29, 1.82) is 0 Å². The maximum atomic E-state index is 11.1. The summed E-state index contributed by atoms with van der Waals surface area (Å²) in [6, 6.07) is 0.320. The second-order valence-corrected chi connectivity index (χ2v) is 4.94. The van der Waals surface area contributed by atoms with Crippen LogP contribution in [-0.2, 0) is 4.79 Å². The number of hydrogen-bond donors (Lipinski definition) is 3. The lowest BCUT2D eigenvalue weighted by molar-refractivity contribution is -0.137. The average Bonchev–Trinajstić information content (AvgIpc) is 2.84. The van der Waals surface area contributed by atoms with E-state index < -0.39 is 5.97 Å². The largest absolute Gasteiger partial charge is 0.481 e. The predicted octanol–water partition coefficient (Wildman–Crippen LogP) is 0.947. The molecule has 1 saturated heterocycles. The van der Waals surface area contributed by atoms with Crippen LogP contribution in [0.5, 0.6) is 0 Å². The third-order valence-corrected chi connectivity index (χ3v) is 3.63. The standard InChI is InChI=1S/C11H18N2O3/c1-6-9(13-11(16)12-6)5-8-4-7(8)2-3-10(14)15/h6-9H,2-5H2,1H3,(H,14,15)(H2,12,13,16)/t6-,7+,8-,9+/m0/s1. The summed E-state index contributed by atoms with van der Waals surface area (Å²) in [4.78, 5) is 21.5. The first-order valence-electron chi connectivity index (χ1n) is 5.85. The van der Waals surface area contributed by atoms with Crippen LogP contribution in [0.1, 0.15) is 32.6 Å². The highest BCUT2D eigenvalue weighted by Gasteiger charge is 2.41. The van der Waals surface area contributed by atoms with E-state index in [0.717, 1.165) is 19.3 Å². The van der Waals surface area contributed by atoms with Crippen molar-refractivity contribution in [3.8, 4) is 0 Å². The Morgan fingerprint density at radius 1 is 1.44 bits per heavy atom. The van der Waals surface area contributed by atoms with E-state index in [1.54, 1.807) is 0 Å². The maximum absolute atomic E-state index is 11.1. The van der Waals surface area contributed by atoms with Gasteiger partial charge in [0.1, 0.15) is 0 Å². The number of hydrogen-bond acceptors (Lipinski definition) is 2. The van der Waals surface area contributed by atoms with Crippen LogP contribution in [0.3, 0.4) is 0 Å². The van der Waals surface area contributed by atoms with E-state index in [1.165, 1.54) is 0 Å². The summed E-state index contributed by atoms with van der Waals surface area (Å²) < 4.78 is 0. The van der Waals surface area contributed by atoms with Crippen molar-refractivity contribution >= 4 is 12.0 Å². The van der Waals surface area contributed by atoms with Gasteiger partial charge in [0.25, 0.3) is 0 Å². The number of aliphatic carboxylic acids is 1. The van der Waals surface area contributed by atoms with Crippen LogP contribution in [0, 0.1) is 11.8 Å². The monoisotopic (exact) mass is 226 g/mol. The van der Waals surface area contributed by atoms with Gasteiger partial charge in [-0.3, -0.25) is 4.79 Å². The minimum Gasteiger partial charge on any atom is -0.481 e. The summed E-state index contributed by atoms with van der Waals surface area (Å²) in [5.74, 6) is 0.447. The molecule has 2 fully saturated rings. The second-order valence-electron chi connectivity index (χ2n) is 4.94. The molecule has 2 aliphatic rings. The SMILES string of the molecule is C[C@@H]1NC(=O)N[C@@H]1C[C@@H]1C[C@H]1CCC(=O)O. The number of nitrogens with one attached hydrogen (secondary N) is 2.